The SMILES string of the molecule is CC(C)c1sc2c(=O)[nH]c3ccc(O)cc3c2c1-c1ccccc1. The first-order chi connectivity index (χ1) is 11.6. The number of H-pyrrole nitrogens is 1. The van der Waals surface area contributed by atoms with Crippen LogP contribution in [0.15, 0.2) is 53.3 Å². The number of aromatic amines is 1. The van der Waals surface area contributed by atoms with Crippen LogP contribution in [0.3, 0.4) is 0 Å². The molecule has 120 valence electrons. The number of aromatic hydroxyl groups is 1. The molecule has 0 saturated carbocycles. The molecule has 0 radical (unpaired) electrons. The van der Waals surface area contributed by atoms with Gasteiger partial charge < -0.3 is 10.1 Å². The van der Waals surface area contributed by atoms with Crippen molar-refractivity contribution >= 4 is 32.3 Å². The van der Waals surface area contributed by atoms with Gasteiger partial charge in [0.05, 0.1) is 0 Å². The predicted molar refractivity (Wildman–Crippen MR) is 101 cm³/mol. The maximum absolute atomic E-state index is 12.6. The minimum absolute atomic E-state index is 0.0720. The second-order valence-electron chi connectivity index (χ2n) is 6.25. The zero-order chi connectivity index (χ0) is 16.8. The fraction of sp³-hybridized carbons (Fsp3) is 0.150. The van der Waals surface area contributed by atoms with Gasteiger partial charge in [0.25, 0.3) is 5.56 Å². The summed E-state index contributed by atoms with van der Waals surface area (Å²) in [5.74, 6) is 0.511. The van der Waals surface area contributed by atoms with Crippen LogP contribution in [0.4, 0.5) is 0 Å². The molecule has 4 aromatic rings. The zero-order valence-corrected chi connectivity index (χ0v) is 14.3. The van der Waals surface area contributed by atoms with Gasteiger partial charge in [-0.2, -0.15) is 0 Å². The third-order valence-electron chi connectivity index (χ3n) is 4.25. The van der Waals surface area contributed by atoms with Crippen LogP contribution in [0.2, 0.25) is 0 Å². The highest BCUT2D eigenvalue weighted by molar-refractivity contribution is 7.20. The van der Waals surface area contributed by atoms with E-state index >= 15 is 0 Å². The first-order valence-electron chi connectivity index (χ1n) is 7.93. The lowest BCUT2D eigenvalue weighted by molar-refractivity contribution is 0.476. The highest BCUT2D eigenvalue weighted by Gasteiger charge is 2.20. The maximum atomic E-state index is 12.6. The number of rotatable bonds is 2. The van der Waals surface area contributed by atoms with Crippen molar-refractivity contribution in [3.8, 4) is 16.9 Å². The van der Waals surface area contributed by atoms with E-state index in [2.05, 4.69) is 31.0 Å². The number of benzene rings is 2. The predicted octanol–water partition coefficient (Wildman–Crippen LogP) is 5.24. The van der Waals surface area contributed by atoms with Crippen molar-refractivity contribution in [2.24, 2.45) is 0 Å². The van der Waals surface area contributed by atoms with Gasteiger partial charge in [0.15, 0.2) is 0 Å². The molecule has 2 aromatic heterocycles. The molecule has 0 fully saturated rings. The van der Waals surface area contributed by atoms with Crippen LogP contribution in [-0.2, 0) is 0 Å². The van der Waals surface area contributed by atoms with Crippen LogP contribution in [0, 0.1) is 0 Å². The summed E-state index contributed by atoms with van der Waals surface area (Å²) in [5, 5.41) is 11.8. The van der Waals surface area contributed by atoms with Crippen LogP contribution >= 0.6 is 11.3 Å². The molecule has 2 aromatic carbocycles. The van der Waals surface area contributed by atoms with E-state index in [1.54, 1.807) is 29.5 Å². The third kappa shape index (κ3) is 2.22. The number of nitrogens with one attached hydrogen (secondary N) is 1. The van der Waals surface area contributed by atoms with E-state index < -0.39 is 0 Å². The molecule has 0 saturated heterocycles. The first kappa shape index (κ1) is 15.0. The minimum Gasteiger partial charge on any atom is -0.508 e. The highest BCUT2D eigenvalue weighted by atomic mass is 32.1. The number of pyridine rings is 1. The van der Waals surface area contributed by atoms with Gasteiger partial charge >= 0.3 is 0 Å². The Bertz CT molecular complexity index is 1110. The van der Waals surface area contributed by atoms with Gasteiger partial charge in [0.2, 0.25) is 0 Å². The summed E-state index contributed by atoms with van der Waals surface area (Å²) < 4.78 is 0.718. The number of fused-ring (bicyclic) bond motifs is 3. The Labute approximate surface area is 143 Å². The molecule has 0 spiro atoms. The normalized spacial score (nSPS) is 11.6. The smallest absolute Gasteiger partial charge is 0.266 e. The number of thiophene rings is 1. The number of aromatic nitrogens is 1. The van der Waals surface area contributed by atoms with Crippen LogP contribution in [-0.4, -0.2) is 10.1 Å². The quantitative estimate of drug-likeness (QED) is 0.526. The fourth-order valence-electron chi connectivity index (χ4n) is 3.19. The number of hydrogen-bond acceptors (Lipinski definition) is 3. The number of phenols is 1. The summed E-state index contributed by atoms with van der Waals surface area (Å²) in [5.41, 5.74) is 2.88. The van der Waals surface area contributed by atoms with Crippen molar-refractivity contribution in [3.05, 3.63) is 63.8 Å². The zero-order valence-electron chi connectivity index (χ0n) is 13.5. The third-order valence-corrected chi connectivity index (χ3v) is 5.74. The highest BCUT2D eigenvalue weighted by Crippen LogP contribution is 2.44. The lowest BCUT2D eigenvalue weighted by Gasteiger charge is -2.09. The van der Waals surface area contributed by atoms with Gasteiger partial charge in [0, 0.05) is 26.7 Å². The molecule has 4 rings (SSSR count). The summed E-state index contributed by atoms with van der Waals surface area (Å²) in [4.78, 5) is 16.7. The van der Waals surface area contributed by atoms with Crippen molar-refractivity contribution in [1.29, 1.82) is 0 Å². The van der Waals surface area contributed by atoms with Crippen molar-refractivity contribution in [1.82, 2.24) is 4.98 Å². The topological polar surface area (TPSA) is 53.1 Å². The van der Waals surface area contributed by atoms with Crippen molar-refractivity contribution in [2.45, 2.75) is 19.8 Å². The summed E-state index contributed by atoms with van der Waals surface area (Å²) in [6.45, 7) is 4.29. The van der Waals surface area contributed by atoms with E-state index in [0.717, 1.165) is 32.1 Å². The van der Waals surface area contributed by atoms with Gasteiger partial charge in [-0.05, 0) is 29.7 Å². The molecule has 0 aliphatic heterocycles. The fourth-order valence-corrected chi connectivity index (χ4v) is 4.43. The molecule has 0 aliphatic rings. The average molecular weight is 335 g/mol. The van der Waals surface area contributed by atoms with E-state index in [1.807, 2.05) is 18.2 Å². The molecular formula is C20H17NO2S. The molecule has 2 heterocycles. The number of phenolic OH excluding ortho intramolecular Hbond substituents is 1. The molecule has 0 amide bonds. The average Bonchev–Trinajstić information content (AvgIpc) is 2.98. The molecule has 3 nitrogen and oxygen atoms in total. The Kier molecular flexibility index (Phi) is 3.43. The van der Waals surface area contributed by atoms with E-state index in [0.29, 0.717) is 5.92 Å². The van der Waals surface area contributed by atoms with Gasteiger partial charge in [-0.25, -0.2) is 0 Å². The van der Waals surface area contributed by atoms with E-state index in [-0.39, 0.29) is 11.3 Å². The Hall–Kier alpha value is -2.59. The molecule has 2 N–H and O–H groups in total. The summed E-state index contributed by atoms with van der Waals surface area (Å²) in [6, 6.07) is 15.2. The molecule has 4 heteroatoms. The van der Waals surface area contributed by atoms with Crippen molar-refractivity contribution in [2.75, 3.05) is 0 Å². The van der Waals surface area contributed by atoms with Gasteiger partial charge in [0.1, 0.15) is 10.4 Å². The molecule has 24 heavy (non-hydrogen) atoms. The van der Waals surface area contributed by atoms with Gasteiger partial charge in [-0.1, -0.05) is 44.2 Å². The Morgan fingerprint density at radius 2 is 1.83 bits per heavy atom. The Morgan fingerprint density at radius 3 is 2.54 bits per heavy atom. The van der Waals surface area contributed by atoms with Gasteiger partial charge in [-0.15, -0.1) is 11.3 Å². The lowest BCUT2D eigenvalue weighted by Crippen LogP contribution is -2.04. The Balaban J connectivity index is 2.27. The summed E-state index contributed by atoms with van der Waals surface area (Å²) >= 11 is 1.55. The molecule has 0 aliphatic carbocycles. The van der Waals surface area contributed by atoms with Crippen LogP contribution in [0.5, 0.6) is 5.75 Å². The largest absolute Gasteiger partial charge is 0.508 e. The standard InChI is InChI=1S/C20H17NO2S/c1-11(2)18-16(12-6-4-3-5-7-12)17-14-10-13(22)8-9-15(14)21-20(23)19(17)24-18/h3-11,22H,1-2H3,(H,21,23). The van der Waals surface area contributed by atoms with Crippen LogP contribution in [0.25, 0.3) is 32.1 Å². The first-order valence-corrected chi connectivity index (χ1v) is 8.74. The molecule has 0 unspecified atom stereocenters. The van der Waals surface area contributed by atoms with E-state index in [4.69, 9.17) is 0 Å². The molecular weight excluding hydrogens is 318 g/mol. The van der Waals surface area contributed by atoms with E-state index in [1.165, 1.54) is 4.88 Å². The lowest BCUT2D eigenvalue weighted by atomic mass is 9.96. The molecule has 0 bridgehead atoms. The summed E-state index contributed by atoms with van der Waals surface area (Å²) in [6.07, 6.45) is 0. The minimum atomic E-state index is -0.0720. The monoisotopic (exact) mass is 335 g/mol. The van der Waals surface area contributed by atoms with Crippen molar-refractivity contribution < 1.29 is 5.11 Å². The number of hydrogen-bond donors (Lipinski definition) is 2. The summed E-state index contributed by atoms with van der Waals surface area (Å²) in [7, 11) is 0. The second-order valence-corrected chi connectivity index (χ2v) is 7.30. The second kappa shape index (κ2) is 5.49. The molecule has 0 atom stereocenters. The maximum Gasteiger partial charge on any atom is 0.266 e. The van der Waals surface area contributed by atoms with Crippen molar-refractivity contribution in [3.63, 3.8) is 0 Å². The van der Waals surface area contributed by atoms with Gasteiger partial charge in [-0.3, -0.25) is 4.79 Å². The van der Waals surface area contributed by atoms with E-state index in [9.17, 15) is 9.90 Å². The van der Waals surface area contributed by atoms with Crippen LogP contribution < -0.4 is 5.56 Å². The Morgan fingerprint density at radius 1 is 1.08 bits per heavy atom. The van der Waals surface area contributed by atoms with Crippen LogP contribution in [0.1, 0.15) is 24.6 Å².